The molecular weight excluding hydrogens is 220 g/mol. The second kappa shape index (κ2) is 4.39. The summed E-state index contributed by atoms with van der Waals surface area (Å²) in [4.78, 5) is 24.0. The minimum Gasteiger partial charge on any atom is -0.372 e. The molecule has 2 aliphatic carbocycles. The Labute approximate surface area is 99.6 Å². The van der Waals surface area contributed by atoms with Crippen LogP contribution in [-0.4, -0.2) is 38.0 Å². The second-order valence-corrected chi connectivity index (χ2v) is 4.05. The van der Waals surface area contributed by atoms with Crippen LogP contribution in [0.25, 0.3) is 0 Å². The summed E-state index contributed by atoms with van der Waals surface area (Å²) in [6.07, 6.45) is 3.93. The number of hydrogen-bond acceptors (Lipinski definition) is 4. The van der Waals surface area contributed by atoms with E-state index in [0.717, 1.165) is 0 Å². The van der Waals surface area contributed by atoms with Gasteiger partial charge in [0.05, 0.1) is 0 Å². The van der Waals surface area contributed by atoms with Gasteiger partial charge in [-0.1, -0.05) is 12.2 Å². The standard InChI is InChI=1S/C13H14O4/c1-7-6-8(14)11-9(16-2)4-5-10(17-3)12(11)13(7)15/h4-6,9-10H,1-3H3. The number of carbonyl (C=O) groups excluding carboxylic acids is 2. The van der Waals surface area contributed by atoms with Crippen molar-refractivity contribution in [2.24, 2.45) is 0 Å². The van der Waals surface area contributed by atoms with E-state index in [1.54, 1.807) is 19.1 Å². The average Bonchev–Trinajstić information content (AvgIpc) is 2.34. The van der Waals surface area contributed by atoms with Gasteiger partial charge in [0.1, 0.15) is 12.2 Å². The molecule has 0 aromatic heterocycles. The molecule has 0 saturated heterocycles. The summed E-state index contributed by atoms with van der Waals surface area (Å²) in [7, 11) is 3.02. The van der Waals surface area contributed by atoms with E-state index in [-0.39, 0.29) is 11.6 Å². The number of ether oxygens (including phenoxy) is 2. The van der Waals surface area contributed by atoms with Crippen LogP contribution in [0.5, 0.6) is 0 Å². The minimum absolute atomic E-state index is 0.141. The Morgan fingerprint density at radius 1 is 1.00 bits per heavy atom. The molecule has 0 bridgehead atoms. The van der Waals surface area contributed by atoms with Crippen LogP contribution in [0.1, 0.15) is 6.92 Å². The maximum Gasteiger partial charge on any atom is 0.188 e. The summed E-state index contributed by atoms with van der Waals surface area (Å²) < 4.78 is 10.4. The molecule has 2 unspecified atom stereocenters. The van der Waals surface area contributed by atoms with Crippen LogP contribution in [0.4, 0.5) is 0 Å². The summed E-state index contributed by atoms with van der Waals surface area (Å²) in [6, 6.07) is 0. The molecule has 2 atom stereocenters. The lowest BCUT2D eigenvalue weighted by molar-refractivity contribution is -0.117. The first kappa shape index (κ1) is 12.0. The first-order valence-corrected chi connectivity index (χ1v) is 5.35. The maximum absolute atomic E-state index is 12.1. The predicted molar refractivity (Wildman–Crippen MR) is 61.5 cm³/mol. The normalized spacial score (nSPS) is 28.3. The molecule has 90 valence electrons. The van der Waals surface area contributed by atoms with Crippen molar-refractivity contribution >= 4 is 11.6 Å². The fraction of sp³-hybridized carbons (Fsp3) is 0.385. The number of methoxy groups -OCH3 is 2. The summed E-state index contributed by atoms with van der Waals surface area (Å²) in [5.41, 5.74) is 1.25. The van der Waals surface area contributed by atoms with E-state index >= 15 is 0 Å². The number of ketones is 2. The molecule has 17 heavy (non-hydrogen) atoms. The van der Waals surface area contributed by atoms with Gasteiger partial charge in [-0.25, -0.2) is 0 Å². The van der Waals surface area contributed by atoms with Crippen LogP contribution < -0.4 is 0 Å². The third kappa shape index (κ3) is 1.79. The third-order valence-corrected chi connectivity index (χ3v) is 3.04. The summed E-state index contributed by atoms with van der Waals surface area (Å²) in [5.74, 6) is -0.312. The highest BCUT2D eigenvalue weighted by Crippen LogP contribution is 2.30. The lowest BCUT2D eigenvalue weighted by Gasteiger charge is -2.28. The van der Waals surface area contributed by atoms with Gasteiger partial charge in [0, 0.05) is 30.9 Å². The van der Waals surface area contributed by atoms with Crippen molar-refractivity contribution < 1.29 is 19.1 Å². The van der Waals surface area contributed by atoms with Crippen LogP contribution >= 0.6 is 0 Å². The number of carbonyl (C=O) groups is 2. The molecule has 0 saturated carbocycles. The zero-order valence-electron chi connectivity index (χ0n) is 10.0. The lowest BCUT2D eigenvalue weighted by atomic mass is 9.81. The van der Waals surface area contributed by atoms with Crippen LogP contribution in [0.15, 0.2) is 34.9 Å². The highest BCUT2D eigenvalue weighted by atomic mass is 16.5. The number of rotatable bonds is 2. The number of hydrogen-bond donors (Lipinski definition) is 0. The van der Waals surface area contributed by atoms with Gasteiger partial charge in [-0.05, 0) is 13.0 Å². The van der Waals surface area contributed by atoms with Crippen LogP contribution in [-0.2, 0) is 19.1 Å². The first-order chi connectivity index (χ1) is 8.10. The van der Waals surface area contributed by atoms with Crippen molar-refractivity contribution in [3.05, 3.63) is 34.9 Å². The van der Waals surface area contributed by atoms with Crippen molar-refractivity contribution in [1.29, 1.82) is 0 Å². The molecule has 4 heteroatoms. The van der Waals surface area contributed by atoms with Gasteiger partial charge < -0.3 is 9.47 Å². The number of allylic oxidation sites excluding steroid dienone is 2. The Morgan fingerprint density at radius 2 is 1.53 bits per heavy atom. The van der Waals surface area contributed by atoms with Gasteiger partial charge in [-0.3, -0.25) is 9.59 Å². The molecule has 0 aliphatic heterocycles. The summed E-state index contributed by atoms with van der Waals surface area (Å²) in [6.45, 7) is 1.64. The lowest BCUT2D eigenvalue weighted by Crippen LogP contribution is -2.35. The molecule has 0 amide bonds. The molecule has 0 aromatic rings. The Kier molecular flexibility index (Phi) is 3.09. The van der Waals surface area contributed by atoms with E-state index in [1.165, 1.54) is 20.3 Å². The molecular formula is C13H14O4. The fourth-order valence-corrected chi connectivity index (χ4v) is 2.17. The molecule has 2 rings (SSSR count). The van der Waals surface area contributed by atoms with E-state index in [9.17, 15) is 9.59 Å². The van der Waals surface area contributed by atoms with Crippen LogP contribution in [0, 0.1) is 0 Å². The Morgan fingerprint density at radius 3 is 2.06 bits per heavy atom. The molecule has 0 N–H and O–H groups in total. The van der Waals surface area contributed by atoms with Gasteiger partial charge in [0.2, 0.25) is 0 Å². The number of Topliss-reactive ketones (excluding diaryl/α,β-unsaturated/α-hetero) is 1. The van der Waals surface area contributed by atoms with E-state index < -0.39 is 12.2 Å². The molecule has 0 radical (unpaired) electrons. The van der Waals surface area contributed by atoms with Gasteiger partial charge in [-0.15, -0.1) is 0 Å². The van der Waals surface area contributed by atoms with Gasteiger partial charge >= 0.3 is 0 Å². The Balaban J connectivity index is 2.54. The summed E-state index contributed by atoms with van der Waals surface area (Å²) >= 11 is 0. The SMILES string of the molecule is COC1C=CC(OC)C2=C1C(=O)C=C(C)C2=O. The van der Waals surface area contributed by atoms with E-state index in [2.05, 4.69) is 0 Å². The van der Waals surface area contributed by atoms with Gasteiger partial charge in [-0.2, -0.15) is 0 Å². The van der Waals surface area contributed by atoms with E-state index in [1.807, 2.05) is 0 Å². The molecule has 2 aliphatic rings. The summed E-state index contributed by atoms with van der Waals surface area (Å²) in [5, 5.41) is 0. The maximum atomic E-state index is 12.1. The van der Waals surface area contributed by atoms with Crippen molar-refractivity contribution in [3.8, 4) is 0 Å². The van der Waals surface area contributed by atoms with Gasteiger partial charge in [0.15, 0.2) is 11.6 Å². The van der Waals surface area contributed by atoms with Crippen molar-refractivity contribution in [1.82, 2.24) is 0 Å². The van der Waals surface area contributed by atoms with E-state index in [0.29, 0.717) is 16.7 Å². The van der Waals surface area contributed by atoms with Crippen LogP contribution in [0.2, 0.25) is 0 Å². The predicted octanol–water partition coefficient (Wildman–Crippen LogP) is 0.981. The largest absolute Gasteiger partial charge is 0.372 e. The molecule has 0 heterocycles. The van der Waals surface area contributed by atoms with Crippen LogP contribution in [0.3, 0.4) is 0 Å². The zero-order valence-corrected chi connectivity index (χ0v) is 10.0. The molecule has 0 spiro atoms. The second-order valence-electron chi connectivity index (χ2n) is 4.05. The van der Waals surface area contributed by atoms with Crippen molar-refractivity contribution in [2.75, 3.05) is 14.2 Å². The smallest absolute Gasteiger partial charge is 0.188 e. The topological polar surface area (TPSA) is 52.6 Å². The monoisotopic (exact) mass is 234 g/mol. The highest BCUT2D eigenvalue weighted by molar-refractivity contribution is 6.23. The fourth-order valence-electron chi connectivity index (χ4n) is 2.17. The molecule has 4 nitrogen and oxygen atoms in total. The van der Waals surface area contributed by atoms with Gasteiger partial charge in [0.25, 0.3) is 0 Å². The van der Waals surface area contributed by atoms with Crippen molar-refractivity contribution in [3.63, 3.8) is 0 Å². The average molecular weight is 234 g/mol. The third-order valence-electron chi connectivity index (χ3n) is 3.04. The zero-order chi connectivity index (χ0) is 12.6. The Bertz CT molecular complexity index is 468. The molecule has 0 fully saturated rings. The molecule has 0 aromatic carbocycles. The minimum atomic E-state index is -0.462. The van der Waals surface area contributed by atoms with E-state index in [4.69, 9.17) is 9.47 Å². The quantitative estimate of drug-likeness (QED) is 0.528. The first-order valence-electron chi connectivity index (χ1n) is 5.35. The highest BCUT2D eigenvalue weighted by Gasteiger charge is 2.36. The van der Waals surface area contributed by atoms with Crippen molar-refractivity contribution in [2.45, 2.75) is 19.1 Å². The Hall–Kier alpha value is -1.52.